The van der Waals surface area contributed by atoms with Gasteiger partial charge < -0.3 is 5.32 Å². The Morgan fingerprint density at radius 3 is 3.05 bits per heavy atom. The van der Waals surface area contributed by atoms with Gasteiger partial charge in [-0.25, -0.2) is 4.98 Å². The van der Waals surface area contributed by atoms with Crippen LogP contribution in [0.1, 0.15) is 29.2 Å². The van der Waals surface area contributed by atoms with Gasteiger partial charge in [0.2, 0.25) is 0 Å². The van der Waals surface area contributed by atoms with Crippen LogP contribution in [0.15, 0.2) is 34.9 Å². The molecule has 2 nitrogen and oxygen atoms in total. The van der Waals surface area contributed by atoms with E-state index in [0.29, 0.717) is 11.2 Å². The average molecular weight is 338 g/mol. The van der Waals surface area contributed by atoms with Crippen molar-refractivity contribution in [3.8, 4) is 0 Å². The van der Waals surface area contributed by atoms with Gasteiger partial charge in [0.25, 0.3) is 0 Å². The Morgan fingerprint density at radius 1 is 1.37 bits per heavy atom. The minimum Gasteiger partial charge on any atom is -0.376 e. The molecule has 2 aromatic rings. The number of fused-ring (bicyclic) bond motifs is 1. The van der Waals surface area contributed by atoms with E-state index >= 15 is 0 Å². The number of anilines is 1. The highest BCUT2D eigenvalue weighted by atomic mass is 79.9. The molecule has 0 amide bonds. The molecule has 3 rings (SSSR count). The van der Waals surface area contributed by atoms with Crippen LogP contribution in [-0.2, 0) is 6.42 Å². The van der Waals surface area contributed by atoms with Gasteiger partial charge in [0.15, 0.2) is 5.15 Å². The summed E-state index contributed by atoms with van der Waals surface area (Å²) in [5, 5.41) is 4.05. The molecule has 0 radical (unpaired) electrons. The first-order chi connectivity index (χ1) is 9.13. The lowest BCUT2D eigenvalue weighted by molar-refractivity contribution is 0.761. The van der Waals surface area contributed by atoms with Crippen molar-refractivity contribution in [1.29, 1.82) is 0 Å². The molecule has 0 saturated carbocycles. The molecule has 0 aliphatic heterocycles. The number of benzene rings is 1. The molecule has 1 N–H and O–H groups in total. The number of rotatable bonds is 2. The molecule has 98 valence electrons. The normalized spacial score (nSPS) is 17.3. The van der Waals surface area contributed by atoms with Crippen LogP contribution in [0, 0.1) is 6.92 Å². The second-order valence-electron chi connectivity index (χ2n) is 4.93. The van der Waals surface area contributed by atoms with Crippen LogP contribution in [0.3, 0.4) is 0 Å². The maximum Gasteiger partial charge on any atom is 0.152 e. The summed E-state index contributed by atoms with van der Waals surface area (Å²) in [5.74, 6) is 0. The third-order valence-corrected chi connectivity index (χ3v) is 4.28. The molecule has 19 heavy (non-hydrogen) atoms. The monoisotopic (exact) mass is 336 g/mol. The van der Waals surface area contributed by atoms with Gasteiger partial charge in [0, 0.05) is 10.7 Å². The number of hydrogen-bond acceptors (Lipinski definition) is 2. The summed E-state index contributed by atoms with van der Waals surface area (Å²) in [6, 6.07) is 8.85. The lowest BCUT2D eigenvalue weighted by Crippen LogP contribution is -2.08. The predicted octanol–water partition coefficient (Wildman–Crippen LogP) is 4.91. The second-order valence-corrected chi connectivity index (χ2v) is 6.20. The molecule has 1 aliphatic carbocycles. The Labute approximate surface area is 126 Å². The van der Waals surface area contributed by atoms with Gasteiger partial charge >= 0.3 is 0 Å². The number of nitrogens with zero attached hydrogens (tertiary/aromatic N) is 1. The third kappa shape index (κ3) is 2.63. The fourth-order valence-electron chi connectivity index (χ4n) is 2.58. The summed E-state index contributed by atoms with van der Waals surface area (Å²) in [7, 11) is 0. The number of aryl methyl sites for hydroxylation is 2. The van der Waals surface area contributed by atoms with E-state index in [1.165, 1.54) is 11.1 Å². The molecule has 1 aromatic carbocycles. The molecule has 1 aliphatic rings. The number of pyridine rings is 1. The summed E-state index contributed by atoms with van der Waals surface area (Å²) in [4.78, 5) is 4.19. The minimum atomic E-state index is 0.323. The van der Waals surface area contributed by atoms with Gasteiger partial charge in [-0.2, -0.15) is 0 Å². The quantitative estimate of drug-likeness (QED) is 0.788. The lowest BCUT2D eigenvalue weighted by Gasteiger charge is -2.16. The molecule has 0 spiro atoms. The van der Waals surface area contributed by atoms with Crippen LogP contribution in [-0.4, -0.2) is 4.98 Å². The summed E-state index contributed by atoms with van der Waals surface area (Å²) in [6.45, 7) is 2.02. The van der Waals surface area contributed by atoms with Crippen molar-refractivity contribution >= 4 is 33.2 Å². The molecular weight excluding hydrogens is 324 g/mol. The Balaban J connectivity index is 1.88. The van der Waals surface area contributed by atoms with Crippen molar-refractivity contribution in [3.05, 3.63) is 56.8 Å². The van der Waals surface area contributed by atoms with Crippen molar-refractivity contribution in [2.75, 3.05) is 5.32 Å². The smallest absolute Gasteiger partial charge is 0.152 e. The predicted molar refractivity (Wildman–Crippen MR) is 82.8 cm³/mol. The molecule has 1 atom stereocenters. The summed E-state index contributed by atoms with van der Waals surface area (Å²) >= 11 is 9.67. The van der Waals surface area contributed by atoms with Gasteiger partial charge in [-0.1, -0.05) is 33.6 Å². The van der Waals surface area contributed by atoms with Gasteiger partial charge in [0.05, 0.1) is 11.7 Å². The van der Waals surface area contributed by atoms with Crippen LogP contribution >= 0.6 is 27.5 Å². The highest BCUT2D eigenvalue weighted by Crippen LogP contribution is 2.36. The number of aromatic nitrogens is 1. The zero-order valence-corrected chi connectivity index (χ0v) is 12.9. The van der Waals surface area contributed by atoms with Crippen LogP contribution in [0.25, 0.3) is 0 Å². The highest BCUT2D eigenvalue weighted by Gasteiger charge is 2.23. The van der Waals surface area contributed by atoms with E-state index in [1.807, 2.05) is 13.0 Å². The van der Waals surface area contributed by atoms with E-state index in [4.69, 9.17) is 11.6 Å². The maximum absolute atomic E-state index is 6.15. The maximum atomic E-state index is 6.15. The van der Waals surface area contributed by atoms with E-state index in [9.17, 15) is 0 Å². The first-order valence-corrected chi connectivity index (χ1v) is 7.47. The van der Waals surface area contributed by atoms with E-state index in [1.54, 1.807) is 6.20 Å². The van der Waals surface area contributed by atoms with Gasteiger partial charge in [-0.15, -0.1) is 0 Å². The fraction of sp³-hybridized carbons (Fsp3) is 0.267. The van der Waals surface area contributed by atoms with Gasteiger partial charge in [-0.3, -0.25) is 0 Å². The van der Waals surface area contributed by atoms with Crippen molar-refractivity contribution in [2.24, 2.45) is 0 Å². The zero-order valence-electron chi connectivity index (χ0n) is 10.6. The Kier molecular flexibility index (Phi) is 3.50. The van der Waals surface area contributed by atoms with Crippen LogP contribution in [0.2, 0.25) is 5.15 Å². The first-order valence-electron chi connectivity index (χ1n) is 6.30. The lowest BCUT2D eigenvalue weighted by atomic mass is 10.1. The van der Waals surface area contributed by atoms with Crippen molar-refractivity contribution < 1.29 is 0 Å². The van der Waals surface area contributed by atoms with E-state index in [0.717, 1.165) is 28.6 Å². The van der Waals surface area contributed by atoms with Gasteiger partial charge in [-0.05, 0) is 54.7 Å². The molecular formula is C15H14BrClN2. The van der Waals surface area contributed by atoms with Crippen molar-refractivity contribution in [1.82, 2.24) is 4.98 Å². The van der Waals surface area contributed by atoms with Crippen molar-refractivity contribution in [3.63, 3.8) is 0 Å². The Bertz CT molecular complexity index is 628. The van der Waals surface area contributed by atoms with Crippen LogP contribution in [0.4, 0.5) is 5.69 Å². The first kappa shape index (κ1) is 12.9. The standard InChI is InChI=1S/C15H14BrClN2/c1-9-6-14(15(17)18-8-9)19-13-5-2-10-7-11(16)3-4-12(10)13/h3-4,6-8,13,19H,2,5H2,1H3. The SMILES string of the molecule is Cc1cnc(Cl)c(NC2CCc3cc(Br)ccc32)c1. The summed E-state index contributed by atoms with van der Waals surface area (Å²) in [6.07, 6.45) is 3.98. The number of hydrogen-bond donors (Lipinski definition) is 1. The van der Waals surface area contributed by atoms with Gasteiger partial charge in [0.1, 0.15) is 0 Å². The number of halogens is 2. The Hall–Kier alpha value is -1.06. The Morgan fingerprint density at radius 2 is 2.21 bits per heavy atom. The molecule has 1 heterocycles. The largest absolute Gasteiger partial charge is 0.376 e. The second kappa shape index (κ2) is 5.14. The van der Waals surface area contributed by atoms with Crippen LogP contribution in [0.5, 0.6) is 0 Å². The van der Waals surface area contributed by atoms with E-state index in [2.05, 4.69) is 44.4 Å². The topological polar surface area (TPSA) is 24.9 Å². The van der Waals surface area contributed by atoms with Crippen LogP contribution < -0.4 is 5.32 Å². The average Bonchev–Trinajstić information content (AvgIpc) is 2.76. The van der Waals surface area contributed by atoms with E-state index < -0.39 is 0 Å². The molecule has 0 saturated heterocycles. The minimum absolute atomic E-state index is 0.323. The third-order valence-electron chi connectivity index (χ3n) is 3.49. The molecule has 4 heteroatoms. The number of nitrogens with one attached hydrogen (secondary N) is 1. The summed E-state index contributed by atoms with van der Waals surface area (Å²) < 4.78 is 1.14. The molecule has 1 aromatic heterocycles. The van der Waals surface area contributed by atoms with Crippen molar-refractivity contribution in [2.45, 2.75) is 25.8 Å². The zero-order chi connectivity index (χ0) is 13.4. The molecule has 1 unspecified atom stereocenters. The molecule has 0 fully saturated rings. The highest BCUT2D eigenvalue weighted by molar-refractivity contribution is 9.10. The summed E-state index contributed by atoms with van der Waals surface area (Å²) in [5.41, 5.74) is 4.80. The molecule has 0 bridgehead atoms. The fourth-order valence-corrected chi connectivity index (χ4v) is 3.14. The van der Waals surface area contributed by atoms with E-state index in [-0.39, 0.29) is 0 Å².